The number of hydrogen-bond acceptors (Lipinski definition) is 2. The molecule has 1 aliphatic rings. The van der Waals surface area contributed by atoms with Crippen molar-refractivity contribution in [2.45, 2.75) is 0 Å². The van der Waals surface area contributed by atoms with E-state index in [2.05, 4.69) is 4.99 Å². The second-order valence-electron chi connectivity index (χ2n) is 2.26. The highest BCUT2D eigenvalue weighted by molar-refractivity contribution is 5.73. The van der Waals surface area contributed by atoms with E-state index in [1.54, 1.807) is 6.34 Å². The first kappa shape index (κ1) is 8.04. The summed E-state index contributed by atoms with van der Waals surface area (Å²) in [5.74, 6) is 0. The van der Waals surface area contributed by atoms with Gasteiger partial charge in [-0.25, -0.2) is 0 Å². The van der Waals surface area contributed by atoms with Gasteiger partial charge in [-0.05, 0) is 12.1 Å². The summed E-state index contributed by atoms with van der Waals surface area (Å²) in [6.45, 7) is 0. The van der Waals surface area contributed by atoms with Crippen LogP contribution in [0.5, 0.6) is 0 Å². The fourth-order valence-electron chi connectivity index (χ4n) is 1.01. The summed E-state index contributed by atoms with van der Waals surface area (Å²) < 4.78 is 0. The van der Waals surface area contributed by atoms with Gasteiger partial charge in [-0.3, -0.25) is 5.32 Å². The van der Waals surface area contributed by atoms with E-state index in [0.717, 1.165) is 17.1 Å². The Bertz CT molecular complexity index is 296. The Balaban J connectivity index is 0.000000605. The lowest BCUT2D eigenvalue weighted by atomic mass is 10.2. The van der Waals surface area contributed by atoms with Gasteiger partial charge < -0.3 is 18.1 Å². The number of anilines is 1. The van der Waals surface area contributed by atoms with Crippen LogP contribution >= 0.6 is 0 Å². The fourth-order valence-corrected chi connectivity index (χ4v) is 1.01. The van der Waals surface area contributed by atoms with Crippen LogP contribution in [0.4, 0.5) is 17.1 Å². The molecule has 0 bridgehead atoms. The Morgan fingerprint density at radius 3 is 3.00 bits per heavy atom. The predicted octanol–water partition coefficient (Wildman–Crippen LogP) is -2.86. The molecule has 0 spiro atoms. The van der Waals surface area contributed by atoms with Crippen molar-refractivity contribution in [2.24, 2.45) is 4.99 Å². The van der Waals surface area contributed by atoms with Crippen molar-refractivity contribution in [3.63, 3.8) is 0 Å². The molecule has 4 N–H and O–H groups in total. The van der Waals surface area contributed by atoms with Crippen molar-refractivity contribution >= 4 is 23.4 Å². The zero-order chi connectivity index (χ0) is 6.97. The van der Waals surface area contributed by atoms with E-state index >= 15 is 0 Å². The molecular weight excluding hydrogens is 162 g/mol. The third-order valence-electron chi connectivity index (χ3n) is 1.52. The minimum Gasteiger partial charge on any atom is -1.00 e. The Hall–Kier alpha value is -1.06. The molecule has 0 saturated heterocycles. The average molecular weight is 170 g/mol. The molecule has 1 heterocycles. The zero-order valence-corrected chi connectivity index (χ0v) is 6.55. The number of hydrogen-bond donors (Lipinski definition) is 2. The molecule has 0 saturated carbocycles. The minimum atomic E-state index is 0. The van der Waals surface area contributed by atoms with E-state index in [4.69, 9.17) is 5.73 Å². The molecule has 3 nitrogen and oxygen atoms in total. The van der Waals surface area contributed by atoms with Crippen LogP contribution in [0.1, 0.15) is 0 Å². The molecule has 0 radical (unpaired) electrons. The highest BCUT2D eigenvalue weighted by atomic mass is 35.5. The van der Waals surface area contributed by atoms with Crippen LogP contribution in [0, 0.1) is 0 Å². The number of quaternary nitrogens is 1. The standard InChI is InChI=1S/C7H7N3.ClH/c8-5-1-2-6-7(3-5)10-4-9-6;/h1-4H,8H2,(H,9,10);1H. The quantitative estimate of drug-likeness (QED) is 0.404. The number of rotatable bonds is 0. The SMILES string of the molecule is Nc1ccc2c(c1)N=C[NH2+]2.[Cl-]. The normalized spacial score (nSPS) is 12.4. The molecule has 1 aromatic rings. The average Bonchev–Trinajstić information content (AvgIpc) is 2.33. The molecule has 11 heavy (non-hydrogen) atoms. The summed E-state index contributed by atoms with van der Waals surface area (Å²) in [5, 5.41) is 1.97. The number of nitrogens with two attached hydrogens (primary N) is 2. The summed E-state index contributed by atoms with van der Waals surface area (Å²) in [6, 6.07) is 5.72. The number of fused-ring (bicyclic) bond motifs is 1. The van der Waals surface area contributed by atoms with E-state index in [0.29, 0.717) is 0 Å². The smallest absolute Gasteiger partial charge is 0.192 e. The topological polar surface area (TPSA) is 55.0 Å². The zero-order valence-electron chi connectivity index (χ0n) is 5.79. The van der Waals surface area contributed by atoms with Crippen molar-refractivity contribution in [3.8, 4) is 0 Å². The summed E-state index contributed by atoms with van der Waals surface area (Å²) in [5.41, 5.74) is 8.43. The van der Waals surface area contributed by atoms with Crippen molar-refractivity contribution < 1.29 is 17.7 Å². The van der Waals surface area contributed by atoms with Gasteiger partial charge in [-0.2, -0.15) is 4.99 Å². The molecule has 1 aromatic carbocycles. The monoisotopic (exact) mass is 169 g/mol. The molecule has 0 fully saturated rings. The van der Waals surface area contributed by atoms with E-state index in [-0.39, 0.29) is 12.4 Å². The van der Waals surface area contributed by atoms with E-state index in [1.807, 2.05) is 23.5 Å². The Kier molecular flexibility index (Phi) is 2.12. The first-order valence-electron chi connectivity index (χ1n) is 3.13. The van der Waals surface area contributed by atoms with Gasteiger partial charge in [0.1, 0.15) is 5.69 Å². The van der Waals surface area contributed by atoms with Gasteiger partial charge in [0.15, 0.2) is 12.0 Å². The van der Waals surface area contributed by atoms with Crippen LogP contribution in [0.3, 0.4) is 0 Å². The Labute approximate surface area is 70.7 Å². The van der Waals surface area contributed by atoms with Crippen molar-refractivity contribution in [1.82, 2.24) is 0 Å². The lowest BCUT2D eigenvalue weighted by Gasteiger charge is -1.93. The van der Waals surface area contributed by atoms with Gasteiger partial charge >= 0.3 is 0 Å². The van der Waals surface area contributed by atoms with Crippen LogP contribution < -0.4 is 23.5 Å². The molecular formula is C7H8ClN3. The number of benzene rings is 1. The van der Waals surface area contributed by atoms with Crippen molar-refractivity contribution in [3.05, 3.63) is 18.2 Å². The van der Waals surface area contributed by atoms with Crippen molar-refractivity contribution in [2.75, 3.05) is 5.73 Å². The van der Waals surface area contributed by atoms with Gasteiger partial charge in [-0.15, -0.1) is 0 Å². The number of nitrogen functional groups attached to an aromatic ring is 1. The maximum atomic E-state index is 5.54. The van der Waals surface area contributed by atoms with Crippen LogP contribution in [0.25, 0.3) is 0 Å². The summed E-state index contributed by atoms with van der Waals surface area (Å²) >= 11 is 0. The molecule has 4 heteroatoms. The molecule has 0 aliphatic carbocycles. The van der Waals surface area contributed by atoms with Gasteiger partial charge in [-0.1, -0.05) is 0 Å². The molecule has 0 aromatic heterocycles. The first-order valence-corrected chi connectivity index (χ1v) is 3.13. The predicted molar refractivity (Wildman–Crippen MR) is 40.6 cm³/mol. The molecule has 0 atom stereocenters. The molecule has 0 amide bonds. The molecule has 1 aliphatic heterocycles. The van der Waals surface area contributed by atoms with Crippen LogP contribution in [-0.2, 0) is 0 Å². The molecule has 0 unspecified atom stereocenters. The number of halogens is 1. The van der Waals surface area contributed by atoms with Gasteiger partial charge in [0.05, 0.1) is 0 Å². The van der Waals surface area contributed by atoms with E-state index in [9.17, 15) is 0 Å². The maximum absolute atomic E-state index is 5.54. The Morgan fingerprint density at radius 2 is 2.18 bits per heavy atom. The van der Waals surface area contributed by atoms with Crippen LogP contribution in [0.2, 0.25) is 0 Å². The van der Waals surface area contributed by atoms with Crippen molar-refractivity contribution in [1.29, 1.82) is 0 Å². The molecule has 58 valence electrons. The maximum Gasteiger partial charge on any atom is 0.192 e. The van der Waals surface area contributed by atoms with Crippen LogP contribution in [-0.4, -0.2) is 6.34 Å². The first-order chi connectivity index (χ1) is 4.86. The lowest BCUT2D eigenvalue weighted by molar-refractivity contribution is -0.427. The number of nitrogens with zero attached hydrogens (tertiary/aromatic N) is 1. The van der Waals surface area contributed by atoms with Gasteiger partial charge in [0.2, 0.25) is 0 Å². The third-order valence-corrected chi connectivity index (χ3v) is 1.52. The molecule has 2 rings (SSSR count). The fraction of sp³-hybridized carbons (Fsp3) is 0. The largest absolute Gasteiger partial charge is 1.00 e. The minimum absolute atomic E-state index is 0. The second-order valence-corrected chi connectivity index (χ2v) is 2.26. The number of aliphatic imine (C=N–C) groups is 1. The summed E-state index contributed by atoms with van der Waals surface area (Å²) in [4.78, 5) is 4.10. The van der Waals surface area contributed by atoms with Gasteiger partial charge in [0, 0.05) is 11.8 Å². The lowest BCUT2D eigenvalue weighted by Crippen LogP contribution is -3.00. The van der Waals surface area contributed by atoms with Crippen LogP contribution in [0.15, 0.2) is 23.2 Å². The Morgan fingerprint density at radius 1 is 1.36 bits per heavy atom. The highest BCUT2D eigenvalue weighted by Gasteiger charge is 2.08. The van der Waals surface area contributed by atoms with E-state index < -0.39 is 0 Å². The summed E-state index contributed by atoms with van der Waals surface area (Å²) in [7, 11) is 0. The second kappa shape index (κ2) is 2.90. The van der Waals surface area contributed by atoms with Gasteiger partial charge in [0.25, 0.3) is 0 Å². The van der Waals surface area contributed by atoms with E-state index in [1.165, 1.54) is 0 Å². The summed E-state index contributed by atoms with van der Waals surface area (Å²) in [6.07, 6.45) is 1.78. The highest BCUT2D eigenvalue weighted by Crippen LogP contribution is 2.24. The third kappa shape index (κ3) is 1.34.